The molecule has 2 aromatic rings. The van der Waals surface area contributed by atoms with Crippen LogP contribution in [-0.4, -0.2) is 56.8 Å². The molecule has 22 heavy (non-hydrogen) atoms. The van der Waals surface area contributed by atoms with Crippen LogP contribution in [0.4, 0.5) is 0 Å². The van der Waals surface area contributed by atoms with Crippen molar-refractivity contribution in [1.29, 1.82) is 0 Å². The summed E-state index contributed by atoms with van der Waals surface area (Å²) in [6.45, 7) is 5.94. The second-order valence-electron chi connectivity index (χ2n) is 5.47. The molecule has 0 spiro atoms. The Balaban J connectivity index is 1.55. The lowest BCUT2D eigenvalue weighted by atomic mass is 10.2. The molecule has 0 saturated carbocycles. The molecule has 1 fully saturated rings. The zero-order valence-electron chi connectivity index (χ0n) is 12.6. The highest BCUT2D eigenvalue weighted by atomic mass is 16.2. The summed E-state index contributed by atoms with van der Waals surface area (Å²) in [6, 6.07) is 4.05. The van der Waals surface area contributed by atoms with Crippen LogP contribution in [0.3, 0.4) is 0 Å². The van der Waals surface area contributed by atoms with Gasteiger partial charge in [-0.15, -0.1) is 0 Å². The molecule has 0 radical (unpaired) electrons. The Morgan fingerprint density at radius 2 is 1.82 bits per heavy atom. The maximum absolute atomic E-state index is 12.4. The third-order valence-electron chi connectivity index (χ3n) is 3.82. The summed E-state index contributed by atoms with van der Waals surface area (Å²) in [4.78, 5) is 28.9. The Kier molecular flexibility index (Phi) is 4.39. The SMILES string of the molecule is Cc1cnc(C(=O)N2CCN(Cc3ccncc3)CC2)cn1. The van der Waals surface area contributed by atoms with Crippen molar-refractivity contribution in [3.8, 4) is 0 Å². The monoisotopic (exact) mass is 297 g/mol. The first kappa shape index (κ1) is 14.6. The van der Waals surface area contributed by atoms with Gasteiger partial charge in [-0.25, -0.2) is 4.98 Å². The van der Waals surface area contributed by atoms with Crippen LogP contribution in [0.2, 0.25) is 0 Å². The van der Waals surface area contributed by atoms with Gasteiger partial charge in [-0.05, 0) is 24.6 Å². The second-order valence-corrected chi connectivity index (χ2v) is 5.47. The number of pyridine rings is 1. The highest BCUT2D eigenvalue weighted by Crippen LogP contribution is 2.10. The zero-order chi connectivity index (χ0) is 15.4. The average molecular weight is 297 g/mol. The normalized spacial score (nSPS) is 15.8. The zero-order valence-corrected chi connectivity index (χ0v) is 12.6. The van der Waals surface area contributed by atoms with Crippen molar-refractivity contribution in [2.45, 2.75) is 13.5 Å². The number of carbonyl (C=O) groups is 1. The van der Waals surface area contributed by atoms with Crippen LogP contribution in [0.25, 0.3) is 0 Å². The Hall–Kier alpha value is -2.34. The molecule has 3 heterocycles. The minimum Gasteiger partial charge on any atom is -0.335 e. The fourth-order valence-corrected chi connectivity index (χ4v) is 2.52. The first-order chi connectivity index (χ1) is 10.7. The van der Waals surface area contributed by atoms with E-state index in [1.807, 2.05) is 36.4 Å². The predicted molar refractivity (Wildman–Crippen MR) is 82.2 cm³/mol. The van der Waals surface area contributed by atoms with Gasteiger partial charge in [-0.3, -0.25) is 19.7 Å². The first-order valence-electron chi connectivity index (χ1n) is 7.41. The smallest absolute Gasteiger partial charge is 0.274 e. The van der Waals surface area contributed by atoms with E-state index in [2.05, 4.69) is 19.9 Å². The topological polar surface area (TPSA) is 62.2 Å². The van der Waals surface area contributed by atoms with Crippen molar-refractivity contribution < 1.29 is 4.79 Å². The van der Waals surface area contributed by atoms with Crippen LogP contribution < -0.4 is 0 Å². The van der Waals surface area contributed by atoms with E-state index >= 15 is 0 Å². The second kappa shape index (κ2) is 6.62. The van der Waals surface area contributed by atoms with Crippen molar-refractivity contribution in [2.24, 2.45) is 0 Å². The van der Waals surface area contributed by atoms with E-state index in [9.17, 15) is 4.79 Å². The molecule has 0 aliphatic carbocycles. The molecular weight excluding hydrogens is 278 g/mol. The number of carbonyl (C=O) groups excluding carboxylic acids is 1. The van der Waals surface area contributed by atoms with E-state index in [0.29, 0.717) is 5.69 Å². The molecule has 1 saturated heterocycles. The van der Waals surface area contributed by atoms with Crippen LogP contribution in [-0.2, 0) is 6.54 Å². The molecule has 1 aliphatic rings. The molecule has 3 rings (SSSR count). The van der Waals surface area contributed by atoms with Crippen LogP contribution in [0.5, 0.6) is 0 Å². The van der Waals surface area contributed by atoms with Crippen molar-refractivity contribution in [3.63, 3.8) is 0 Å². The molecule has 6 nitrogen and oxygen atoms in total. The highest BCUT2D eigenvalue weighted by molar-refractivity contribution is 5.92. The van der Waals surface area contributed by atoms with Gasteiger partial charge in [0.1, 0.15) is 5.69 Å². The Labute approximate surface area is 129 Å². The number of hydrogen-bond acceptors (Lipinski definition) is 5. The van der Waals surface area contributed by atoms with E-state index in [0.717, 1.165) is 38.4 Å². The first-order valence-corrected chi connectivity index (χ1v) is 7.41. The highest BCUT2D eigenvalue weighted by Gasteiger charge is 2.23. The fourth-order valence-electron chi connectivity index (χ4n) is 2.52. The number of aromatic nitrogens is 3. The van der Waals surface area contributed by atoms with E-state index in [4.69, 9.17) is 0 Å². The molecule has 2 aromatic heterocycles. The van der Waals surface area contributed by atoms with Crippen molar-refractivity contribution in [3.05, 3.63) is 53.9 Å². The Morgan fingerprint density at radius 3 is 2.45 bits per heavy atom. The maximum Gasteiger partial charge on any atom is 0.274 e. The van der Waals surface area contributed by atoms with Gasteiger partial charge >= 0.3 is 0 Å². The number of aryl methyl sites for hydroxylation is 1. The van der Waals surface area contributed by atoms with Crippen molar-refractivity contribution >= 4 is 5.91 Å². The summed E-state index contributed by atoms with van der Waals surface area (Å²) in [7, 11) is 0. The summed E-state index contributed by atoms with van der Waals surface area (Å²) in [5.41, 5.74) is 2.49. The lowest BCUT2D eigenvalue weighted by Gasteiger charge is -2.34. The lowest BCUT2D eigenvalue weighted by molar-refractivity contribution is 0.0622. The Bertz CT molecular complexity index is 621. The third-order valence-corrected chi connectivity index (χ3v) is 3.82. The molecule has 0 N–H and O–H groups in total. The van der Waals surface area contributed by atoms with E-state index in [1.165, 1.54) is 5.56 Å². The number of piperazine rings is 1. The summed E-state index contributed by atoms with van der Waals surface area (Å²) in [5, 5.41) is 0. The maximum atomic E-state index is 12.4. The molecule has 1 aliphatic heterocycles. The molecule has 114 valence electrons. The standard InChI is InChI=1S/C16H19N5O/c1-13-10-19-15(11-18-13)16(22)21-8-6-20(7-9-21)12-14-2-4-17-5-3-14/h2-5,10-11H,6-9,12H2,1H3. The Morgan fingerprint density at radius 1 is 1.09 bits per heavy atom. The van der Waals surface area contributed by atoms with Gasteiger partial charge in [-0.2, -0.15) is 0 Å². The van der Waals surface area contributed by atoms with Gasteiger partial charge in [-0.1, -0.05) is 0 Å². The molecule has 6 heteroatoms. The van der Waals surface area contributed by atoms with E-state index in [1.54, 1.807) is 12.4 Å². The summed E-state index contributed by atoms with van der Waals surface area (Å²) >= 11 is 0. The fraction of sp³-hybridized carbons (Fsp3) is 0.375. The quantitative estimate of drug-likeness (QED) is 0.850. The summed E-state index contributed by atoms with van der Waals surface area (Å²) < 4.78 is 0. The lowest BCUT2D eigenvalue weighted by Crippen LogP contribution is -2.48. The largest absolute Gasteiger partial charge is 0.335 e. The van der Waals surface area contributed by atoms with Gasteiger partial charge in [0, 0.05) is 51.3 Å². The molecular formula is C16H19N5O. The third kappa shape index (κ3) is 3.46. The van der Waals surface area contributed by atoms with Crippen LogP contribution in [0, 0.1) is 6.92 Å². The molecule has 0 atom stereocenters. The van der Waals surface area contributed by atoms with Gasteiger partial charge in [0.25, 0.3) is 5.91 Å². The minimum atomic E-state index is -0.0314. The molecule has 0 aromatic carbocycles. The van der Waals surface area contributed by atoms with Gasteiger partial charge in [0.15, 0.2) is 0 Å². The number of hydrogen-bond donors (Lipinski definition) is 0. The minimum absolute atomic E-state index is 0.0314. The van der Waals surface area contributed by atoms with Crippen molar-refractivity contribution in [2.75, 3.05) is 26.2 Å². The molecule has 0 bridgehead atoms. The van der Waals surface area contributed by atoms with Gasteiger partial charge in [0.05, 0.1) is 11.9 Å². The van der Waals surface area contributed by atoms with E-state index < -0.39 is 0 Å². The molecule has 1 amide bonds. The predicted octanol–water partition coefficient (Wildman–Crippen LogP) is 1.14. The van der Waals surface area contributed by atoms with Gasteiger partial charge < -0.3 is 4.90 Å². The number of nitrogens with zero attached hydrogens (tertiary/aromatic N) is 5. The average Bonchev–Trinajstić information content (AvgIpc) is 2.57. The summed E-state index contributed by atoms with van der Waals surface area (Å²) in [5.74, 6) is -0.0314. The van der Waals surface area contributed by atoms with Crippen LogP contribution >= 0.6 is 0 Å². The molecule has 0 unspecified atom stereocenters. The number of rotatable bonds is 3. The number of amides is 1. The summed E-state index contributed by atoms with van der Waals surface area (Å²) in [6.07, 6.45) is 6.81. The van der Waals surface area contributed by atoms with Crippen molar-refractivity contribution in [1.82, 2.24) is 24.8 Å². The van der Waals surface area contributed by atoms with Gasteiger partial charge in [0.2, 0.25) is 0 Å². The van der Waals surface area contributed by atoms with Crippen LogP contribution in [0.1, 0.15) is 21.7 Å². The van der Waals surface area contributed by atoms with Crippen LogP contribution in [0.15, 0.2) is 36.9 Å². The van der Waals surface area contributed by atoms with E-state index in [-0.39, 0.29) is 5.91 Å².